The van der Waals surface area contributed by atoms with Gasteiger partial charge in [-0.25, -0.2) is 4.39 Å². The van der Waals surface area contributed by atoms with Crippen molar-refractivity contribution in [1.82, 2.24) is 5.32 Å². The summed E-state index contributed by atoms with van der Waals surface area (Å²) in [6, 6.07) is 7.06. The predicted molar refractivity (Wildman–Crippen MR) is 78.7 cm³/mol. The molecule has 1 aromatic carbocycles. The van der Waals surface area contributed by atoms with E-state index in [4.69, 9.17) is 0 Å². The Morgan fingerprint density at radius 3 is 2.72 bits per heavy atom. The van der Waals surface area contributed by atoms with Crippen LogP contribution < -0.4 is 5.32 Å². The molecule has 1 atom stereocenters. The van der Waals surface area contributed by atoms with Crippen molar-refractivity contribution in [3.05, 3.63) is 55.9 Å². The normalized spacial score (nSPS) is 12.7. The van der Waals surface area contributed by atoms with Gasteiger partial charge in [-0.15, -0.1) is 11.3 Å². The summed E-state index contributed by atoms with van der Waals surface area (Å²) in [5, 5.41) is 5.40. The molecule has 0 bridgehead atoms. The first-order chi connectivity index (χ1) is 8.63. The SMILES string of the molecule is CCNC(c1cc(Br)ccc1F)c1ccsc1C. The maximum Gasteiger partial charge on any atom is 0.128 e. The van der Waals surface area contributed by atoms with E-state index < -0.39 is 0 Å². The first-order valence-corrected chi connectivity index (χ1v) is 7.53. The first-order valence-electron chi connectivity index (χ1n) is 5.85. The van der Waals surface area contributed by atoms with Crippen LogP contribution in [0.15, 0.2) is 34.1 Å². The Morgan fingerprint density at radius 2 is 2.11 bits per heavy atom. The van der Waals surface area contributed by atoms with Gasteiger partial charge < -0.3 is 5.32 Å². The number of hydrogen-bond acceptors (Lipinski definition) is 2. The number of nitrogens with one attached hydrogen (secondary N) is 1. The highest BCUT2D eigenvalue weighted by Crippen LogP contribution is 2.31. The molecule has 2 aromatic rings. The minimum Gasteiger partial charge on any atom is -0.306 e. The van der Waals surface area contributed by atoms with E-state index in [1.165, 1.54) is 10.9 Å². The molecule has 1 unspecified atom stereocenters. The average molecular weight is 328 g/mol. The van der Waals surface area contributed by atoms with Gasteiger partial charge in [0.1, 0.15) is 5.82 Å². The monoisotopic (exact) mass is 327 g/mol. The van der Waals surface area contributed by atoms with Crippen LogP contribution >= 0.6 is 27.3 Å². The molecule has 0 radical (unpaired) electrons. The van der Waals surface area contributed by atoms with E-state index in [-0.39, 0.29) is 11.9 Å². The Morgan fingerprint density at radius 1 is 1.33 bits per heavy atom. The molecule has 0 saturated heterocycles. The summed E-state index contributed by atoms with van der Waals surface area (Å²) in [6.45, 7) is 4.90. The van der Waals surface area contributed by atoms with Crippen LogP contribution in [0.1, 0.15) is 29.0 Å². The lowest BCUT2D eigenvalue weighted by Gasteiger charge is -2.19. The second-order valence-corrected chi connectivity index (χ2v) is 6.12. The Balaban J connectivity index is 2.48. The van der Waals surface area contributed by atoms with E-state index in [9.17, 15) is 4.39 Å². The van der Waals surface area contributed by atoms with Crippen LogP contribution in [0, 0.1) is 12.7 Å². The third-order valence-corrected chi connectivity index (χ3v) is 4.24. The van der Waals surface area contributed by atoms with Crippen molar-refractivity contribution in [2.75, 3.05) is 6.54 Å². The number of rotatable bonds is 4. The van der Waals surface area contributed by atoms with Gasteiger partial charge in [-0.05, 0) is 48.7 Å². The average Bonchev–Trinajstić information content (AvgIpc) is 2.76. The second kappa shape index (κ2) is 5.95. The van der Waals surface area contributed by atoms with Gasteiger partial charge in [0.25, 0.3) is 0 Å². The van der Waals surface area contributed by atoms with Crippen LogP contribution in [-0.4, -0.2) is 6.54 Å². The lowest BCUT2D eigenvalue weighted by Crippen LogP contribution is -2.23. The molecule has 1 aromatic heterocycles. The van der Waals surface area contributed by atoms with E-state index in [1.54, 1.807) is 17.4 Å². The Hall–Kier alpha value is -0.710. The summed E-state index contributed by atoms with van der Waals surface area (Å²) in [4.78, 5) is 1.22. The van der Waals surface area contributed by atoms with Gasteiger partial charge in [0.05, 0.1) is 6.04 Å². The van der Waals surface area contributed by atoms with Crippen molar-refractivity contribution in [1.29, 1.82) is 0 Å². The summed E-state index contributed by atoms with van der Waals surface area (Å²) in [6.07, 6.45) is 0. The summed E-state index contributed by atoms with van der Waals surface area (Å²) in [5.74, 6) is -0.172. The topological polar surface area (TPSA) is 12.0 Å². The fourth-order valence-corrected chi connectivity index (χ4v) is 3.14. The van der Waals surface area contributed by atoms with Gasteiger partial charge in [0.2, 0.25) is 0 Å². The molecule has 1 heterocycles. The molecule has 1 N–H and O–H groups in total. The lowest BCUT2D eigenvalue weighted by atomic mass is 9.99. The summed E-state index contributed by atoms with van der Waals surface area (Å²) in [7, 11) is 0. The standard InChI is InChI=1S/C14H15BrFNS/c1-3-17-14(11-6-7-18-9(11)2)12-8-10(15)4-5-13(12)16/h4-8,14,17H,3H2,1-2H3. The zero-order valence-corrected chi connectivity index (χ0v) is 12.7. The van der Waals surface area contributed by atoms with E-state index >= 15 is 0 Å². The fourth-order valence-electron chi connectivity index (χ4n) is 2.02. The van der Waals surface area contributed by atoms with Gasteiger partial charge in [0.15, 0.2) is 0 Å². The Labute approximate surface area is 119 Å². The molecular formula is C14H15BrFNS. The van der Waals surface area contributed by atoms with E-state index in [2.05, 4.69) is 34.2 Å². The number of thiophene rings is 1. The van der Waals surface area contributed by atoms with Gasteiger partial charge in [-0.3, -0.25) is 0 Å². The molecule has 0 spiro atoms. The molecule has 18 heavy (non-hydrogen) atoms. The maximum absolute atomic E-state index is 14.0. The largest absolute Gasteiger partial charge is 0.306 e. The van der Waals surface area contributed by atoms with Crippen LogP contribution in [0.25, 0.3) is 0 Å². The summed E-state index contributed by atoms with van der Waals surface area (Å²) in [5.41, 5.74) is 1.84. The van der Waals surface area contributed by atoms with Crippen molar-refractivity contribution in [3.63, 3.8) is 0 Å². The zero-order valence-electron chi connectivity index (χ0n) is 10.3. The molecule has 0 aliphatic rings. The predicted octanol–water partition coefficient (Wildman–Crippen LogP) is 4.66. The van der Waals surface area contributed by atoms with Crippen LogP contribution in [0.3, 0.4) is 0 Å². The minimum absolute atomic E-state index is 0.0845. The second-order valence-electron chi connectivity index (χ2n) is 4.09. The molecule has 1 nitrogen and oxygen atoms in total. The number of halogens is 2. The van der Waals surface area contributed by atoms with Crippen molar-refractivity contribution in [2.24, 2.45) is 0 Å². The van der Waals surface area contributed by atoms with Crippen molar-refractivity contribution >= 4 is 27.3 Å². The Kier molecular flexibility index (Phi) is 4.54. The molecule has 0 saturated carbocycles. The number of aryl methyl sites for hydroxylation is 1. The minimum atomic E-state index is -0.172. The van der Waals surface area contributed by atoms with Crippen LogP contribution in [0.5, 0.6) is 0 Å². The first kappa shape index (κ1) is 13.7. The molecule has 4 heteroatoms. The highest BCUT2D eigenvalue weighted by Gasteiger charge is 2.19. The molecule has 0 amide bonds. The maximum atomic E-state index is 14.0. The number of hydrogen-bond donors (Lipinski definition) is 1. The molecule has 0 fully saturated rings. The molecule has 2 rings (SSSR count). The van der Waals surface area contributed by atoms with Crippen LogP contribution in [0.4, 0.5) is 4.39 Å². The summed E-state index contributed by atoms with van der Waals surface area (Å²) < 4.78 is 14.9. The molecule has 0 aliphatic heterocycles. The number of benzene rings is 1. The van der Waals surface area contributed by atoms with E-state index in [0.717, 1.165) is 16.6 Å². The van der Waals surface area contributed by atoms with Crippen molar-refractivity contribution in [3.8, 4) is 0 Å². The van der Waals surface area contributed by atoms with E-state index in [1.807, 2.05) is 18.4 Å². The molecule has 0 aliphatic carbocycles. The quantitative estimate of drug-likeness (QED) is 0.861. The fraction of sp³-hybridized carbons (Fsp3) is 0.286. The third kappa shape index (κ3) is 2.82. The Bertz CT molecular complexity index is 538. The van der Waals surface area contributed by atoms with Gasteiger partial charge in [0, 0.05) is 14.9 Å². The van der Waals surface area contributed by atoms with Gasteiger partial charge in [-0.2, -0.15) is 0 Å². The lowest BCUT2D eigenvalue weighted by molar-refractivity contribution is 0.558. The van der Waals surface area contributed by atoms with E-state index in [0.29, 0.717) is 5.56 Å². The van der Waals surface area contributed by atoms with Crippen molar-refractivity contribution < 1.29 is 4.39 Å². The molecular weight excluding hydrogens is 313 g/mol. The van der Waals surface area contributed by atoms with Gasteiger partial charge >= 0.3 is 0 Å². The highest BCUT2D eigenvalue weighted by atomic mass is 79.9. The summed E-state index contributed by atoms with van der Waals surface area (Å²) >= 11 is 5.09. The third-order valence-electron chi connectivity index (χ3n) is 2.89. The zero-order chi connectivity index (χ0) is 13.1. The van der Waals surface area contributed by atoms with Crippen LogP contribution in [-0.2, 0) is 0 Å². The smallest absolute Gasteiger partial charge is 0.128 e. The van der Waals surface area contributed by atoms with Crippen LogP contribution in [0.2, 0.25) is 0 Å². The van der Waals surface area contributed by atoms with Gasteiger partial charge in [-0.1, -0.05) is 22.9 Å². The molecule has 96 valence electrons. The highest BCUT2D eigenvalue weighted by molar-refractivity contribution is 9.10. The van der Waals surface area contributed by atoms with Crippen molar-refractivity contribution in [2.45, 2.75) is 19.9 Å².